The third-order valence-electron chi connectivity index (χ3n) is 3.13. The topological polar surface area (TPSA) is 58.5 Å². The normalized spacial score (nSPS) is 19.5. The van der Waals surface area contributed by atoms with Gasteiger partial charge in [-0.1, -0.05) is 6.07 Å². The molecule has 0 bridgehead atoms. The number of pyridine rings is 1. The molecule has 19 heavy (non-hydrogen) atoms. The van der Waals surface area contributed by atoms with Crippen molar-refractivity contribution in [2.24, 2.45) is 4.99 Å². The van der Waals surface area contributed by atoms with E-state index in [4.69, 9.17) is 4.74 Å². The molecule has 1 fully saturated rings. The number of nitrogens with one attached hydrogen (secondary N) is 2. The van der Waals surface area contributed by atoms with Crippen molar-refractivity contribution >= 4 is 5.96 Å². The molecule has 5 heteroatoms. The summed E-state index contributed by atoms with van der Waals surface area (Å²) in [6.45, 7) is 4.35. The van der Waals surface area contributed by atoms with Crippen LogP contribution < -0.4 is 10.6 Å². The van der Waals surface area contributed by atoms with Gasteiger partial charge in [0, 0.05) is 25.9 Å². The van der Waals surface area contributed by atoms with Crippen molar-refractivity contribution in [2.45, 2.75) is 32.4 Å². The highest BCUT2D eigenvalue weighted by Crippen LogP contribution is 2.10. The van der Waals surface area contributed by atoms with Gasteiger partial charge in [-0.2, -0.15) is 0 Å². The number of hydrogen-bond acceptors (Lipinski definition) is 3. The molecule has 1 aliphatic rings. The molecule has 2 rings (SSSR count). The zero-order valence-electron chi connectivity index (χ0n) is 11.6. The van der Waals surface area contributed by atoms with Crippen molar-refractivity contribution in [3.05, 3.63) is 29.6 Å². The monoisotopic (exact) mass is 262 g/mol. The summed E-state index contributed by atoms with van der Waals surface area (Å²) < 4.78 is 5.57. The SMILES string of the molecule is CN=C(NCc1cccc(C)n1)NCC1CCCO1. The molecule has 1 saturated heterocycles. The summed E-state index contributed by atoms with van der Waals surface area (Å²) in [6, 6.07) is 6.02. The van der Waals surface area contributed by atoms with Crippen molar-refractivity contribution in [3.8, 4) is 0 Å². The van der Waals surface area contributed by atoms with Crippen LogP contribution in [0.25, 0.3) is 0 Å². The van der Waals surface area contributed by atoms with Crippen LogP contribution in [0.1, 0.15) is 24.2 Å². The predicted molar refractivity (Wildman–Crippen MR) is 76.1 cm³/mol. The molecule has 0 radical (unpaired) electrons. The maximum Gasteiger partial charge on any atom is 0.191 e. The first-order valence-corrected chi connectivity index (χ1v) is 6.76. The fraction of sp³-hybridized carbons (Fsp3) is 0.571. The van der Waals surface area contributed by atoms with Gasteiger partial charge in [0.2, 0.25) is 0 Å². The van der Waals surface area contributed by atoms with Crippen LogP contribution in [0.3, 0.4) is 0 Å². The summed E-state index contributed by atoms with van der Waals surface area (Å²) in [5.74, 6) is 0.791. The van der Waals surface area contributed by atoms with Gasteiger partial charge in [0.25, 0.3) is 0 Å². The van der Waals surface area contributed by atoms with Crippen molar-refractivity contribution in [3.63, 3.8) is 0 Å². The van der Waals surface area contributed by atoms with E-state index in [2.05, 4.69) is 20.6 Å². The molecular weight excluding hydrogens is 240 g/mol. The smallest absolute Gasteiger partial charge is 0.191 e. The number of aliphatic imine (C=N–C) groups is 1. The van der Waals surface area contributed by atoms with Crippen LogP contribution in [0.5, 0.6) is 0 Å². The highest BCUT2D eigenvalue weighted by atomic mass is 16.5. The van der Waals surface area contributed by atoms with Gasteiger partial charge in [0.1, 0.15) is 0 Å². The van der Waals surface area contributed by atoms with Crippen LogP contribution in [0.2, 0.25) is 0 Å². The molecule has 2 heterocycles. The molecule has 0 spiro atoms. The van der Waals surface area contributed by atoms with E-state index in [1.807, 2.05) is 25.1 Å². The van der Waals surface area contributed by atoms with Crippen LogP contribution in [0, 0.1) is 6.92 Å². The summed E-state index contributed by atoms with van der Waals surface area (Å²) in [7, 11) is 1.77. The molecular formula is C14H22N4O. The summed E-state index contributed by atoms with van der Waals surface area (Å²) in [5, 5.41) is 6.54. The lowest BCUT2D eigenvalue weighted by molar-refractivity contribution is 0.114. The third kappa shape index (κ3) is 4.52. The van der Waals surface area contributed by atoms with E-state index in [0.717, 1.165) is 43.3 Å². The first kappa shape index (κ1) is 13.8. The predicted octanol–water partition coefficient (Wildman–Crippen LogP) is 1.23. The van der Waals surface area contributed by atoms with E-state index in [1.165, 1.54) is 0 Å². The Morgan fingerprint density at radius 3 is 3.05 bits per heavy atom. The second kappa shape index (κ2) is 7.09. The van der Waals surface area contributed by atoms with Crippen molar-refractivity contribution in [1.82, 2.24) is 15.6 Å². The van der Waals surface area contributed by atoms with Gasteiger partial charge in [-0.15, -0.1) is 0 Å². The number of aromatic nitrogens is 1. The Kier molecular flexibility index (Phi) is 5.15. The Labute approximate surface area is 114 Å². The van der Waals surface area contributed by atoms with Gasteiger partial charge in [-0.3, -0.25) is 9.98 Å². The van der Waals surface area contributed by atoms with Crippen molar-refractivity contribution in [1.29, 1.82) is 0 Å². The third-order valence-corrected chi connectivity index (χ3v) is 3.13. The standard InChI is InChI=1S/C14H22N4O/c1-11-5-3-6-12(18-11)9-16-14(15-2)17-10-13-7-4-8-19-13/h3,5-6,13H,4,7-10H2,1-2H3,(H2,15,16,17). The second-order valence-electron chi connectivity index (χ2n) is 4.71. The fourth-order valence-electron chi connectivity index (χ4n) is 2.11. The van der Waals surface area contributed by atoms with E-state index in [9.17, 15) is 0 Å². The maximum atomic E-state index is 5.57. The minimum atomic E-state index is 0.315. The largest absolute Gasteiger partial charge is 0.376 e. The molecule has 2 N–H and O–H groups in total. The molecule has 0 amide bonds. The number of guanidine groups is 1. The Bertz CT molecular complexity index is 427. The Morgan fingerprint density at radius 1 is 1.47 bits per heavy atom. The molecule has 1 aromatic heterocycles. The van der Waals surface area contributed by atoms with Gasteiger partial charge in [0.05, 0.1) is 18.3 Å². The summed E-state index contributed by atoms with van der Waals surface area (Å²) in [5.41, 5.74) is 2.04. The van der Waals surface area contributed by atoms with E-state index >= 15 is 0 Å². The highest BCUT2D eigenvalue weighted by molar-refractivity contribution is 5.79. The minimum absolute atomic E-state index is 0.315. The summed E-state index contributed by atoms with van der Waals surface area (Å²) >= 11 is 0. The second-order valence-corrected chi connectivity index (χ2v) is 4.71. The highest BCUT2D eigenvalue weighted by Gasteiger charge is 2.15. The number of ether oxygens (including phenoxy) is 1. The molecule has 1 unspecified atom stereocenters. The van der Waals surface area contributed by atoms with Crippen molar-refractivity contribution in [2.75, 3.05) is 20.2 Å². The Hall–Kier alpha value is -1.62. The van der Waals surface area contributed by atoms with Gasteiger partial charge in [-0.05, 0) is 31.9 Å². The van der Waals surface area contributed by atoms with Crippen LogP contribution in [-0.2, 0) is 11.3 Å². The number of nitrogens with zero attached hydrogens (tertiary/aromatic N) is 2. The first-order chi connectivity index (χ1) is 9.28. The first-order valence-electron chi connectivity index (χ1n) is 6.76. The van der Waals surface area contributed by atoms with Gasteiger partial charge in [-0.25, -0.2) is 0 Å². The van der Waals surface area contributed by atoms with Crippen LogP contribution in [0.4, 0.5) is 0 Å². The molecule has 1 aliphatic heterocycles. The molecule has 0 saturated carbocycles. The molecule has 0 aromatic carbocycles. The number of rotatable bonds is 4. The van der Waals surface area contributed by atoms with Crippen LogP contribution in [-0.4, -0.2) is 37.2 Å². The summed E-state index contributed by atoms with van der Waals surface area (Å²) in [4.78, 5) is 8.64. The van der Waals surface area contributed by atoms with Gasteiger partial charge < -0.3 is 15.4 Å². The zero-order chi connectivity index (χ0) is 13.5. The lowest BCUT2D eigenvalue weighted by atomic mass is 10.2. The fourth-order valence-corrected chi connectivity index (χ4v) is 2.11. The quantitative estimate of drug-likeness (QED) is 0.633. The molecule has 5 nitrogen and oxygen atoms in total. The average molecular weight is 262 g/mol. The zero-order valence-corrected chi connectivity index (χ0v) is 11.6. The molecule has 104 valence electrons. The lowest BCUT2D eigenvalue weighted by Crippen LogP contribution is -2.40. The van der Waals surface area contributed by atoms with Crippen LogP contribution in [0.15, 0.2) is 23.2 Å². The molecule has 1 atom stereocenters. The lowest BCUT2D eigenvalue weighted by Gasteiger charge is -2.14. The minimum Gasteiger partial charge on any atom is -0.376 e. The van der Waals surface area contributed by atoms with Gasteiger partial charge >= 0.3 is 0 Å². The Balaban J connectivity index is 1.76. The average Bonchev–Trinajstić information content (AvgIpc) is 2.92. The van der Waals surface area contributed by atoms with Crippen molar-refractivity contribution < 1.29 is 4.74 Å². The maximum absolute atomic E-state index is 5.57. The number of aryl methyl sites for hydroxylation is 1. The molecule has 1 aromatic rings. The summed E-state index contributed by atoms with van der Waals surface area (Å²) in [6.07, 6.45) is 2.60. The van der Waals surface area contributed by atoms with Gasteiger partial charge in [0.15, 0.2) is 5.96 Å². The van der Waals surface area contributed by atoms with E-state index in [-0.39, 0.29) is 0 Å². The van der Waals surface area contributed by atoms with E-state index in [1.54, 1.807) is 7.05 Å². The Morgan fingerprint density at radius 2 is 2.37 bits per heavy atom. The molecule has 0 aliphatic carbocycles. The number of hydrogen-bond donors (Lipinski definition) is 2. The van der Waals surface area contributed by atoms with E-state index < -0.39 is 0 Å². The van der Waals surface area contributed by atoms with Crippen LogP contribution >= 0.6 is 0 Å². The van der Waals surface area contributed by atoms with E-state index in [0.29, 0.717) is 12.6 Å².